The predicted molar refractivity (Wildman–Crippen MR) is 85.5 cm³/mol. The summed E-state index contributed by atoms with van der Waals surface area (Å²) in [6.07, 6.45) is 0.552. The van der Waals surface area contributed by atoms with E-state index in [1.165, 1.54) is 30.0 Å². The SMILES string of the molecule is CCC(Sc1ccccc1[N+](=O)[O-])C(=O)c1ccc(O)cc1. The van der Waals surface area contributed by atoms with E-state index in [9.17, 15) is 20.0 Å². The van der Waals surface area contributed by atoms with Gasteiger partial charge in [-0.2, -0.15) is 0 Å². The smallest absolute Gasteiger partial charge is 0.282 e. The van der Waals surface area contributed by atoms with Gasteiger partial charge in [-0.05, 0) is 36.8 Å². The maximum Gasteiger partial charge on any atom is 0.282 e. The third kappa shape index (κ3) is 3.65. The Morgan fingerprint density at radius 3 is 2.45 bits per heavy atom. The molecular formula is C16H15NO4S. The van der Waals surface area contributed by atoms with Crippen molar-refractivity contribution in [2.24, 2.45) is 0 Å². The molecule has 1 N–H and O–H groups in total. The molecule has 0 aliphatic heterocycles. The Morgan fingerprint density at radius 2 is 1.86 bits per heavy atom. The van der Waals surface area contributed by atoms with Crippen molar-refractivity contribution in [1.82, 2.24) is 0 Å². The van der Waals surface area contributed by atoms with Gasteiger partial charge in [-0.3, -0.25) is 14.9 Å². The number of Topliss-reactive ketones (excluding diaryl/α,β-unsaturated/α-hetero) is 1. The Bertz CT molecular complexity index is 685. The summed E-state index contributed by atoms with van der Waals surface area (Å²) in [5.41, 5.74) is 0.486. The Balaban J connectivity index is 2.24. The molecule has 2 rings (SSSR count). The van der Waals surface area contributed by atoms with Crippen LogP contribution >= 0.6 is 11.8 Å². The van der Waals surface area contributed by atoms with Crippen molar-refractivity contribution in [2.45, 2.75) is 23.5 Å². The molecule has 0 saturated heterocycles. The summed E-state index contributed by atoms with van der Waals surface area (Å²) in [7, 11) is 0. The van der Waals surface area contributed by atoms with Crippen molar-refractivity contribution in [2.75, 3.05) is 0 Å². The van der Waals surface area contributed by atoms with E-state index in [0.717, 1.165) is 0 Å². The van der Waals surface area contributed by atoms with E-state index in [2.05, 4.69) is 0 Å². The van der Waals surface area contributed by atoms with E-state index >= 15 is 0 Å². The molecule has 0 fully saturated rings. The highest BCUT2D eigenvalue weighted by molar-refractivity contribution is 8.00. The van der Waals surface area contributed by atoms with Crippen LogP contribution in [0.2, 0.25) is 0 Å². The van der Waals surface area contributed by atoms with E-state index in [4.69, 9.17) is 0 Å². The fourth-order valence-electron chi connectivity index (χ4n) is 1.99. The number of nitro benzene ring substituents is 1. The maximum atomic E-state index is 12.5. The van der Waals surface area contributed by atoms with Crippen molar-refractivity contribution < 1.29 is 14.8 Å². The molecule has 0 saturated carbocycles. The average Bonchev–Trinajstić information content (AvgIpc) is 2.53. The second-order valence-electron chi connectivity index (χ2n) is 4.65. The number of nitro groups is 1. The number of hydrogen-bond donors (Lipinski definition) is 1. The van der Waals surface area contributed by atoms with Gasteiger partial charge in [-0.1, -0.05) is 19.1 Å². The summed E-state index contributed by atoms with van der Waals surface area (Å²) < 4.78 is 0. The molecule has 0 radical (unpaired) electrons. The van der Waals surface area contributed by atoms with Crippen LogP contribution < -0.4 is 0 Å². The summed E-state index contributed by atoms with van der Waals surface area (Å²) >= 11 is 1.20. The number of carbonyl (C=O) groups is 1. The van der Waals surface area contributed by atoms with Crippen LogP contribution in [0.3, 0.4) is 0 Å². The zero-order valence-corrected chi connectivity index (χ0v) is 12.7. The summed E-state index contributed by atoms with van der Waals surface area (Å²) in [6, 6.07) is 12.4. The lowest BCUT2D eigenvalue weighted by Crippen LogP contribution is -2.16. The topological polar surface area (TPSA) is 80.4 Å². The van der Waals surface area contributed by atoms with Gasteiger partial charge >= 0.3 is 0 Å². The summed E-state index contributed by atoms with van der Waals surface area (Å²) in [4.78, 5) is 23.6. The van der Waals surface area contributed by atoms with E-state index in [1.54, 1.807) is 30.3 Å². The molecule has 6 heteroatoms. The second kappa shape index (κ2) is 7.09. The number of hydrogen-bond acceptors (Lipinski definition) is 5. The number of para-hydroxylation sites is 1. The first-order chi connectivity index (χ1) is 10.5. The van der Waals surface area contributed by atoms with Crippen molar-refractivity contribution in [3.63, 3.8) is 0 Å². The third-order valence-corrected chi connectivity index (χ3v) is 4.58. The highest BCUT2D eigenvalue weighted by Gasteiger charge is 2.23. The number of carbonyl (C=O) groups excluding carboxylic acids is 1. The Kier molecular flexibility index (Phi) is 5.16. The minimum Gasteiger partial charge on any atom is -0.508 e. The molecule has 0 amide bonds. The van der Waals surface area contributed by atoms with Crippen molar-refractivity contribution in [3.8, 4) is 5.75 Å². The molecule has 22 heavy (non-hydrogen) atoms. The van der Waals surface area contributed by atoms with Crippen LogP contribution in [0.15, 0.2) is 53.4 Å². The zero-order valence-electron chi connectivity index (χ0n) is 11.9. The van der Waals surface area contributed by atoms with Gasteiger partial charge < -0.3 is 5.11 Å². The lowest BCUT2D eigenvalue weighted by molar-refractivity contribution is -0.387. The molecule has 0 aliphatic carbocycles. The van der Waals surface area contributed by atoms with Crippen LogP contribution in [0.5, 0.6) is 5.75 Å². The van der Waals surface area contributed by atoms with E-state index < -0.39 is 10.2 Å². The lowest BCUT2D eigenvalue weighted by atomic mass is 10.1. The van der Waals surface area contributed by atoms with Gasteiger partial charge in [-0.25, -0.2) is 0 Å². The van der Waals surface area contributed by atoms with Crippen LogP contribution in [0.25, 0.3) is 0 Å². The quantitative estimate of drug-likeness (QED) is 0.376. The van der Waals surface area contributed by atoms with E-state index in [0.29, 0.717) is 16.9 Å². The molecule has 5 nitrogen and oxygen atoms in total. The number of aromatic hydroxyl groups is 1. The molecule has 2 aromatic rings. The molecule has 1 atom stereocenters. The number of rotatable bonds is 6. The first-order valence-corrected chi connectivity index (χ1v) is 7.64. The maximum absolute atomic E-state index is 12.5. The number of thioether (sulfide) groups is 1. The number of nitrogens with zero attached hydrogens (tertiary/aromatic N) is 1. The van der Waals surface area contributed by atoms with E-state index in [-0.39, 0.29) is 17.2 Å². The van der Waals surface area contributed by atoms with Gasteiger partial charge in [-0.15, -0.1) is 11.8 Å². The number of ketones is 1. The molecule has 114 valence electrons. The fourth-order valence-corrected chi connectivity index (χ4v) is 3.13. The van der Waals surface area contributed by atoms with Crippen LogP contribution in [0, 0.1) is 10.1 Å². The number of phenolic OH excluding ortho intramolecular Hbond substituents is 1. The summed E-state index contributed by atoms with van der Waals surface area (Å²) in [5.74, 6) is -0.0124. The first kappa shape index (κ1) is 16.0. The Hall–Kier alpha value is -2.34. The third-order valence-electron chi connectivity index (χ3n) is 3.15. The Morgan fingerprint density at radius 1 is 1.23 bits per heavy atom. The zero-order chi connectivity index (χ0) is 16.1. The van der Waals surface area contributed by atoms with Crippen LogP contribution in [-0.2, 0) is 0 Å². The van der Waals surface area contributed by atoms with Gasteiger partial charge in [0.1, 0.15) is 5.75 Å². The molecular weight excluding hydrogens is 302 g/mol. The number of benzene rings is 2. The normalized spacial score (nSPS) is 11.9. The lowest BCUT2D eigenvalue weighted by Gasteiger charge is -2.13. The van der Waals surface area contributed by atoms with Crippen LogP contribution in [0.4, 0.5) is 5.69 Å². The van der Waals surface area contributed by atoms with Crippen LogP contribution in [-0.4, -0.2) is 21.1 Å². The summed E-state index contributed by atoms with van der Waals surface area (Å²) in [5, 5.41) is 19.9. The van der Waals surface area contributed by atoms with Crippen molar-refractivity contribution >= 4 is 23.2 Å². The molecule has 0 aliphatic rings. The van der Waals surface area contributed by atoms with Gasteiger partial charge in [0.25, 0.3) is 5.69 Å². The largest absolute Gasteiger partial charge is 0.508 e. The molecule has 1 unspecified atom stereocenters. The molecule has 0 bridgehead atoms. The van der Waals surface area contributed by atoms with Crippen LogP contribution in [0.1, 0.15) is 23.7 Å². The molecule has 0 aromatic heterocycles. The monoisotopic (exact) mass is 317 g/mol. The highest BCUT2D eigenvalue weighted by atomic mass is 32.2. The molecule has 0 heterocycles. The van der Waals surface area contributed by atoms with Gasteiger partial charge in [0.2, 0.25) is 0 Å². The fraction of sp³-hybridized carbons (Fsp3) is 0.188. The standard InChI is InChI=1S/C16H15NO4S/c1-2-14(16(19)11-7-9-12(18)10-8-11)22-15-6-4-3-5-13(15)17(20)21/h3-10,14,18H,2H2,1H3. The molecule has 0 spiro atoms. The summed E-state index contributed by atoms with van der Waals surface area (Å²) in [6.45, 7) is 1.87. The highest BCUT2D eigenvalue weighted by Crippen LogP contribution is 2.34. The minimum atomic E-state index is -0.444. The first-order valence-electron chi connectivity index (χ1n) is 6.76. The minimum absolute atomic E-state index is 0.00413. The van der Waals surface area contributed by atoms with Crippen molar-refractivity contribution in [1.29, 1.82) is 0 Å². The van der Waals surface area contributed by atoms with Gasteiger partial charge in [0.05, 0.1) is 15.1 Å². The van der Waals surface area contributed by atoms with Crippen molar-refractivity contribution in [3.05, 3.63) is 64.2 Å². The number of phenols is 1. The molecule has 2 aromatic carbocycles. The Labute approximate surface area is 132 Å². The van der Waals surface area contributed by atoms with E-state index in [1.807, 2.05) is 6.92 Å². The van der Waals surface area contributed by atoms with Gasteiger partial charge in [0, 0.05) is 11.6 Å². The van der Waals surface area contributed by atoms with Gasteiger partial charge in [0.15, 0.2) is 5.78 Å². The predicted octanol–water partition coefficient (Wildman–Crippen LogP) is 4.05. The average molecular weight is 317 g/mol. The second-order valence-corrected chi connectivity index (χ2v) is 5.90.